The van der Waals surface area contributed by atoms with Crippen molar-refractivity contribution < 1.29 is 9.90 Å². The van der Waals surface area contributed by atoms with Crippen LogP contribution in [0.5, 0.6) is 0 Å². The van der Waals surface area contributed by atoms with Gasteiger partial charge < -0.3 is 10.0 Å². The first-order chi connectivity index (χ1) is 6.94. The number of rotatable bonds is 4. The molecule has 3 nitrogen and oxygen atoms in total. The molecule has 15 heavy (non-hydrogen) atoms. The van der Waals surface area contributed by atoms with Gasteiger partial charge in [-0.15, -0.1) is 6.58 Å². The molecule has 1 saturated heterocycles. The molecule has 0 radical (unpaired) electrons. The topological polar surface area (TPSA) is 40.5 Å². The van der Waals surface area contributed by atoms with Crippen LogP contribution < -0.4 is 0 Å². The van der Waals surface area contributed by atoms with Gasteiger partial charge in [0.25, 0.3) is 0 Å². The summed E-state index contributed by atoms with van der Waals surface area (Å²) in [5, 5.41) is 9.07. The molecule has 1 fully saturated rings. The van der Waals surface area contributed by atoms with Crippen LogP contribution in [0.2, 0.25) is 0 Å². The van der Waals surface area contributed by atoms with E-state index >= 15 is 0 Å². The smallest absolute Gasteiger partial charge is 0.309 e. The second kappa shape index (κ2) is 4.79. The van der Waals surface area contributed by atoms with Crippen molar-refractivity contribution >= 4 is 5.97 Å². The largest absolute Gasteiger partial charge is 0.481 e. The van der Waals surface area contributed by atoms with Gasteiger partial charge in [0.2, 0.25) is 0 Å². The highest BCUT2D eigenvalue weighted by molar-refractivity contribution is 5.74. The Kier molecular flexibility index (Phi) is 3.91. The summed E-state index contributed by atoms with van der Waals surface area (Å²) in [5.74, 6) is -0.651. The van der Waals surface area contributed by atoms with Crippen LogP contribution in [-0.4, -0.2) is 35.6 Å². The summed E-state index contributed by atoms with van der Waals surface area (Å²) < 4.78 is 0. The third-order valence-electron chi connectivity index (χ3n) is 3.33. The van der Waals surface area contributed by atoms with Crippen molar-refractivity contribution in [3.63, 3.8) is 0 Å². The molecule has 0 spiro atoms. The second-order valence-corrected chi connectivity index (χ2v) is 4.91. The average molecular weight is 211 g/mol. The fourth-order valence-corrected chi connectivity index (χ4v) is 1.83. The first kappa shape index (κ1) is 12.2. The summed E-state index contributed by atoms with van der Waals surface area (Å²) >= 11 is 0. The number of likely N-dealkylation sites (tertiary alicyclic amines) is 1. The van der Waals surface area contributed by atoms with Crippen molar-refractivity contribution in [1.29, 1.82) is 0 Å². The van der Waals surface area contributed by atoms with Gasteiger partial charge in [0.1, 0.15) is 0 Å². The van der Waals surface area contributed by atoms with Gasteiger partial charge in [-0.25, -0.2) is 0 Å². The van der Waals surface area contributed by atoms with Gasteiger partial charge in [0, 0.05) is 6.54 Å². The lowest BCUT2D eigenvalue weighted by molar-refractivity contribution is -0.150. The zero-order valence-corrected chi connectivity index (χ0v) is 9.75. The van der Waals surface area contributed by atoms with E-state index in [-0.39, 0.29) is 0 Å². The molecular weight excluding hydrogens is 190 g/mol. The minimum atomic E-state index is -0.651. The Hall–Kier alpha value is -0.830. The van der Waals surface area contributed by atoms with Gasteiger partial charge >= 0.3 is 5.97 Å². The zero-order valence-electron chi connectivity index (χ0n) is 9.75. The lowest BCUT2D eigenvalue weighted by Gasteiger charge is -2.36. The van der Waals surface area contributed by atoms with E-state index in [1.54, 1.807) is 0 Å². The highest BCUT2D eigenvalue weighted by atomic mass is 16.4. The first-order valence-corrected chi connectivity index (χ1v) is 5.54. The summed E-state index contributed by atoms with van der Waals surface area (Å²) in [6.45, 7) is 10.6. The maximum atomic E-state index is 11.0. The molecule has 1 N–H and O–H groups in total. The molecule has 0 atom stereocenters. The van der Waals surface area contributed by atoms with E-state index in [0.29, 0.717) is 0 Å². The molecule has 1 rings (SSSR count). The molecule has 0 aromatic carbocycles. The number of nitrogens with zero attached hydrogens (tertiary/aromatic N) is 1. The molecule has 0 aromatic heterocycles. The minimum absolute atomic E-state index is 0.500. The summed E-state index contributed by atoms with van der Waals surface area (Å²) in [5.41, 5.74) is 0.696. The predicted molar refractivity (Wildman–Crippen MR) is 60.8 cm³/mol. The van der Waals surface area contributed by atoms with E-state index in [9.17, 15) is 4.79 Å². The quantitative estimate of drug-likeness (QED) is 0.724. The van der Waals surface area contributed by atoms with E-state index in [1.165, 1.54) is 5.57 Å². The summed E-state index contributed by atoms with van der Waals surface area (Å²) in [4.78, 5) is 13.3. The van der Waals surface area contributed by atoms with Crippen molar-refractivity contribution in [1.82, 2.24) is 4.90 Å². The van der Waals surface area contributed by atoms with E-state index in [2.05, 4.69) is 11.5 Å². The Morgan fingerprint density at radius 3 is 2.40 bits per heavy atom. The van der Waals surface area contributed by atoms with E-state index in [1.807, 2.05) is 13.8 Å². The summed E-state index contributed by atoms with van der Waals surface area (Å²) in [7, 11) is 0. The van der Waals surface area contributed by atoms with Crippen LogP contribution in [0.4, 0.5) is 0 Å². The molecule has 0 bridgehead atoms. The standard InChI is InChI=1S/C12H21NO2/c1-10(2)4-7-13-8-5-12(3,6-9-13)11(14)15/h1,4-9H2,2-3H3,(H,14,15). The van der Waals surface area contributed by atoms with Gasteiger partial charge in [-0.2, -0.15) is 0 Å². The van der Waals surface area contributed by atoms with Crippen LogP contribution in [0.1, 0.15) is 33.1 Å². The number of carboxylic acid groups (broad SMARTS) is 1. The maximum absolute atomic E-state index is 11.0. The van der Waals surface area contributed by atoms with E-state index in [0.717, 1.165) is 38.9 Å². The van der Waals surface area contributed by atoms with Crippen molar-refractivity contribution in [2.24, 2.45) is 5.41 Å². The number of carbonyl (C=O) groups is 1. The van der Waals surface area contributed by atoms with Gasteiger partial charge in [-0.1, -0.05) is 5.57 Å². The predicted octanol–water partition coefficient (Wildman–Crippen LogP) is 2.14. The average Bonchev–Trinajstić information content (AvgIpc) is 2.16. The highest BCUT2D eigenvalue weighted by Crippen LogP contribution is 2.31. The number of hydrogen-bond acceptors (Lipinski definition) is 2. The number of aliphatic carboxylic acids is 1. The molecule has 86 valence electrons. The van der Waals surface area contributed by atoms with Crippen LogP contribution in [0.15, 0.2) is 12.2 Å². The Balaban J connectivity index is 2.35. The molecule has 1 aliphatic rings. The van der Waals surface area contributed by atoms with E-state index < -0.39 is 11.4 Å². The molecular formula is C12H21NO2. The monoisotopic (exact) mass is 211 g/mol. The Morgan fingerprint density at radius 2 is 2.00 bits per heavy atom. The third kappa shape index (κ3) is 3.34. The molecule has 0 aliphatic carbocycles. The Labute approximate surface area is 91.8 Å². The number of hydrogen-bond donors (Lipinski definition) is 1. The minimum Gasteiger partial charge on any atom is -0.481 e. The summed E-state index contributed by atoms with van der Waals surface area (Å²) in [6.07, 6.45) is 2.54. The van der Waals surface area contributed by atoms with Crippen LogP contribution in [0, 0.1) is 5.41 Å². The highest BCUT2D eigenvalue weighted by Gasteiger charge is 2.36. The van der Waals surface area contributed by atoms with Crippen LogP contribution in [-0.2, 0) is 4.79 Å². The van der Waals surface area contributed by atoms with Gasteiger partial charge in [0.05, 0.1) is 5.41 Å². The molecule has 0 amide bonds. The van der Waals surface area contributed by atoms with Crippen molar-refractivity contribution in [3.05, 3.63) is 12.2 Å². The third-order valence-corrected chi connectivity index (χ3v) is 3.33. The van der Waals surface area contributed by atoms with Crippen molar-refractivity contribution in [2.75, 3.05) is 19.6 Å². The van der Waals surface area contributed by atoms with Crippen molar-refractivity contribution in [3.8, 4) is 0 Å². The normalized spacial score (nSPS) is 21.2. The van der Waals surface area contributed by atoms with Gasteiger partial charge in [0.15, 0.2) is 0 Å². The molecule has 0 saturated carbocycles. The summed E-state index contributed by atoms with van der Waals surface area (Å²) in [6, 6.07) is 0. The Morgan fingerprint density at radius 1 is 1.47 bits per heavy atom. The Bertz CT molecular complexity index is 252. The van der Waals surface area contributed by atoms with Gasteiger partial charge in [-0.05, 0) is 46.2 Å². The second-order valence-electron chi connectivity index (χ2n) is 4.91. The fraction of sp³-hybridized carbons (Fsp3) is 0.750. The SMILES string of the molecule is C=C(C)CCN1CCC(C)(C(=O)O)CC1. The number of carboxylic acids is 1. The van der Waals surface area contributed by atoms with E-state index in [4.69, 9.17) is 5.11 Å². The lowest BCUT2D eigenvalue weighted by Crippen LogP contribution is -2.42. The first-order valence-electron chi connectivity index (χ1n) is 5.54. The fourth-order valence-electron chi connectivity index (χ4n) is 1.83. The van der Waals surface area contributed by atoms with Crippen LogP contribution >= 0.6 is 0 Å². The molecule has 0 unspecified atom stereocenters. The maximum Gasteiger partial charge on any atom is 0.309 e. The van der Waals surface area contributed by atoms with Crippen LogP contribution in [0.25, 0.3) is 0 Å². The molecule has 1 heterocycles. The van der Waals surface area contributed by atoms with Gasteiger partial charge in [-0.3, -0.25) is 4.79 Å². The molecule has 3 heteroatoms. The molecule has 0 aromatic rings. The molecule has 1 aliphatic heterocycles. The lowest BCUT2D eigenvalue weighted by atomic mass is 9.80. The van der Waals surface area contributed by atoms with Crippen LogP contribution in [0.3, 0.4) is 0 Å². The zero-order chi connectivity index (χ0) is 11.5. The van der Waals surface area contributed by atoms with Crippen molar-refractivity contribution in [2.45, 2.75) is 33.1 Å². The number of piperidine rings is 1.